The summed E-state index contributed by atoms with van der Waals surface area (Å²) in [5.74, 6) is 0. The maximum atomic E-state index is 5.86. The van der Waals surface area contributed by atoms with Crippen molar-refractivity contribution >= 4 is 6.08 Å². The number of hydrogen-bond acceptors (Lipinski definition) is 2. The van der Waals surface area contributed by atoms with E-state index in [9.17, 15) is 0 Å². The third-order valence-corrected chi connectivity index (χ3v) is 2.75. The number of hydrogen-bond donors (Lipinski definition) is 1. The largest absolute Gasteiger partial charge is 0.327 e. The predicted octanol–water partition coefficient (Wildman–Crippen LogP) is 1.62. The molecular weight excluding hydrogens is 174 g/mol. The van der Waals surface area contributed by atoms with E-state index >= 15 is 0 Å². The van der Waals surface area contributed by atoms with Crippen molar-refractivity contribution in [2.75, 3.05) is 0 Å². The molecule has 14 heavy (non-hydrogen) atoms. The first-order valence-electron chi connectivity index (χ1n) is 5.11. The number of aryl methyl sites for hydroxylation is 2. The highest BCUT2D eigenvalue weighted by atomic mass is 15.3. The maximum Gasteiger partial charge on any atom is 0.0608 e. The van der Waals surface area contributed by atoms with Crippen LogP contribution in [0, 0.1) is 6.92 Å². The van der Waals surface area contributed by atoms with Crippen LogP contribution >= 0.6 is 0 Å². The minimum Gasteiger partial charge on any atom is -0.327 e. The molecule has 2 rings (SSSR count). The van der Waals surface area contributed by atoms with Crippen LogP contribution in [0.15, 0.2) is 11.6 Å². The van der Waals surface area contributed by atoms with E-state index in [2.05, 4.69) is 17.2 Å². The first-order valence-corrected chi connectivity index (χ1v) is 5.11. The first kappa shape index (κ1) is 9.46. The van der Waals surface area contributed by atoms with Crippen molar-refractivity contribution in [3.05, 3.63) is 23.0 Å². The van der Waals surface area contributed by atoms with Crippen LogP contribution in [0.5, 0.6) is 0 Å². The third kappa shape index (κ3) is 1.87. The Bertz CT molecular complexity index is 363. The Kier molecular flexibility index (Phi) is 2.42. The zero-order valence-corrected chi connectivity index (χ0v) is 8.83. The van der Waals surface area contributed by atoms with E-state index < -0.39 is 0 Å². The molecule has 1 aromatic rings. The Morgan fingerprint density at radius 3 is 2.93 bits per heavy atom. The second-order valence-corrected chi connectivity index (χ2v) is 4.14. The summed E-state index contributed by atoms with van der Waals surface area (Å²) in [6.07, 6.45) is 5.55. The lowest BCUT2D eigenvalue weighted by Gasteiger charge is -1.98. The fraction of sp³-hybridized carbons (Fsp3) is 0.545. The fourth-order valence-corrected chi connectivity index (χ4v) is 2.02. The molecule has 0 aromatic carbocycles. The van der Waals surface area contributed by atoms with Crippen LogP contribution in [-0.2, 0) is 7.05 Å². The Labute approximate surface area is 84.6 Å². The standard InChI is InChI=1S/C11H17N3/c1-8-5-11(14(2)13-8)7-9-3-4-10(12)6-9/h5,7,10H,3-4,6,12H2,1-2H3. The number of nitrogens with zero attached hydrogens (tertiary/aromatic N) is 2. The molecule has 3 heteroatoms. The van der Waals surface area contributed by atoms with Crippen molar-refractivity contribution in [2.24, 2.45) is 12.8 Å². The van der Waals surface area contributed by atoms with Crippen molar-refractivity contribution in [1.82, 2.24) is 9.78 Å². The summed E-state index contributed by atoms with van der Waals surface area (Å²) >= 11 is 0. The van der Waals surface area contributed by atoms with Gasteiger partial charge in [0.05, 0.1) is 11.4 Å². The van der Waals surface area contributed by atoms with Gasteiger partial charge in [-0.15, -0.1) is 0 Å². The number of aromatic nitrogens is 2. The summed E-state index contributed by atoms with van der Waals surface area (Å²) in [6, 6.07) is 2.48. The van der Waals surface area contributed by atoms with Gasteiger partial charge >= 0.3 is 0 Å². The van der Waals surface area contributed by atoms with E-state index in [0.717, 1.165) is 25.0 Å². The van der Waals surface area contributed by atoms with E-state index in [1.165, 1.54) is 11.3 Å². The molecule has 1 aliphatic rings. The maximum absolute atomic E-state index is 5.86. The quantitative estimate of drug-likeness (QED) is 0.733. The van der Waals surface area contributed by atoms with Gasteiger partial charge in [0, 0.05) is 13.1 Å². The van der Waals surface area contributed by atoms with Crippen molar-refractivity contribution in [3.63, 3.8) is 0 Å². The average Bonchev–Trinajstić information content (AvgIpc) is 2.61. The van der Waals surface area contributed by atoms with Gasteiger partial charge in [0.1, 0.15) is 0 Å². The molecule has 1 aromatic heterocycles. The molecule has 1 atom stereocenters. The van der Waals surface area contributed by atoms with Gasteiger partial charge < -0.3 is 5.73 Å². The van der Waals surface area contributed by atoms with E-state index in [-0.39, 0.29) is 0 Å². The van der Waals surface area contributed by atoms with E-state index in [1.807, 2.05) is 18.7 Å². The highest BCUT2D eigenvalue weighted by Crippen LogP contribution is 2.25. The molecule has 1 heterocycles. The minimum absolute atomic E-state index is 0.371. The lowest BCUT2D eigenvalue weighted by Crippen LogP contribution is -2.13. The lowest BCUT2D eigenvalue weighted by molar-refractivity contribution is 0.711. The highest BCUT2D eigenvalue weighted by Gasteiger charge is 2.15. The molecule has 0 spiro atoms. The molecule has 1 unspecified atom stereocenters. The molecule has 76 valence electrons. The molecule has 0 radical (unpaired) electrons. The molecule has 2 N–H and O–H groups in total. The Morgan fingerprint density at radius 1 is 1.64 bits per heavy atom. The average molecular weight is 191 g/mol. The second kappa shape index (κ2) is 3.58. The summed E-state index contributed by atoms with van der Waals surface area (Å²) in [7, 11) is 1.98. The van der Waals surface area contributed by atoms with Gasteiger partial charge in [-0.05, 0) is 38.3 Å². The molecule has 0 bridgehead atoms. The van der Waals surface area contributed by atoms with E-state index in [4.69, 9.17) is 5.73 Å². The van der Waals surface area contributed by atoms with Gasteiger partial charge in [0.25, 0.3) is 0 Å². The van der Waals surface area contributed by atoms with Crippen LogP contribution in [0.2, 0.25) is 0 Å². The molecule has 0 amide bonds. The molecule has 0 saturated heterocycles. The van der Waals surface area contributed by atoms with Crippen molar-refractivity contribution < 1.29 is 0 Å². The topological polar surface area (TPSA) is 43.8 Å². The summed E-state index contributed by atoms with van der Waals surface area (Å²) in [5.41, 5.74) is 9.58. The van der Waals surface area contributed by atoms with E-state index in [0.29, 0.717) is 6.04 Å². The zero-order chi connectivity index (χ0) is 10.1. The van der Waals surface area contributed by atoms with Crippen molar-refractivity contribution in [1.29, 1.82) is 0 Å². The van der Waals surface area contributed by atoms with Crippen LogP contribution in [-0.4, -0.2) is 15.8 Å². The molecule has 3 nitrogen and oxygen atoms in total. The summed E-state index contributed by atoms with van der Waals surface area (Å²) < 4.78 is 1.92. The van der Waals surface area contributed by atoms with Crippen molar-refractivity contribution in [2.45, 2.75) is 32.2 Å². The van der Waals surface area contributed by atoms with Gasteiger partial charge in [-0.3, -0.25) is 4.68 Å². The van der Waals surface area contributed by atoms with Crippen molar-refractivity contribution in [3.8, 4) is 0 Å². The van der Waals surface area contributed by atoms with Gasteiger partial charge in [-0.25, -0.2) is 0 Å². The zero-order valence-electron chi connectivity index (χ0n) is 8.83. The monoisotopic (exact) mass is 191 g/mol. The van der Waals surface area contributed by atoms with Crippen LogP contribution in [0.4, 0.5) is 0 Å². The Hall–Kier alpha value is -1.09. The second-order valence-electron chi connectivity index (χ2n) is 4.14. The fourth-order valence-electron chi connectivity index (χ4n) is 2.02. The Morgan fingerprint density at radius 2 is 2.43 bits per heavy atom. The van der Waals surface area contributed by atoms with Gasteiger partial charge in [-0.1, -0.05) is 5.57 Å². The van der Waals surface area contributed by atoms with E-state index in [1.54, 1.807) is 0 Å². The van der Waals surface area contributed by atoms with Gasteiger partial charge in [0.15, 0.2) is 0 Å². The summed E-state index contributed by atoms with van der Waals surface area (Å²) in [6.45, 7) is 2.02. The third-order valence-electron chi connectivity index (χ3n) is 2.75. The minimum atomic E-state index is 0.371. The number of nitrogens with two attached hydrogens (primary N) is 1. The van der Waals surface area contributed by atoms with Gasteiger partial charge in [-0.2, -0.15) is 5.10 Å². The van der Waals surface area contributed by atoms with Crippen LogP contribution in [0.25, 0.3) is 6.08 Å². The van der Waals surface area contributed by atoms with Crippen LogP contribution in [0.3, 0.4) is 0 Å². The molecule has 0 aliphatic heterocycles. The molecule has 1 aliphatic carbocycles. The molecule has 1 saturated carbocycles. The first-order chi connectivity index (χ1) is 6.65. The molecular formula is C11H17N3. The van der Waals surface area contributed by atoms with Gasteiger partial charge in [0.2, 0.25) is 0 Å². The summed E-state index contributed by atoms with van der Waals surface area (Å²) in [5, 5.41) is 4.31. The summed E-state index contributed by atoms with van der Waals surface area (Å²) in [4.78, 5) is 0. The van der Waals surface area contributed by atoms with Crippen LogP contribution in [0.1, 0.15) is 30.7 Å². The molecule has 1 fully saturated rings. The predicted molar refractivity (Wildman–Crippen MR) is 57.7 cm³/mol. The van der Waals surface area contributed by atoms with Crippen LogP contribution < -0.4 is 5.73 Å². The Balaban J connectivity index is 2.21. The lowest BCUT2D eigenvalue weighted by atomic mass is 10.2. The smallest absolute Gasteiger partial charge is 0.0608 e. The SMILES string of the molecule is Cc1cc(C=C2CCC(N)C2)n(C)n1. The number of rotatable bonds is 1. The highest BCUT2D eigenvalue weighted by molar-refractivity contribution is 5.50. The normalized spacial score (nSPS) is 24.8.